The summed E-state index contributed by atoms with van der Waals surface area (Å²) in [5.74, 6) is -0.0364. The molecule has 26 heavy (non-hydrogen) atoms. The molecule has 1 aliphatic rings. The molecule has 7 heteroatoms. The SMILES string of the molecule is Nc1c2c(cc(=O)n1-c1ccc(Oc3ccccc3)cc1)C(=O)NC2=O. The molecule has 0 fully saturated rings. The van der Waals surface area contributed by atoms with Crippen LogP contribution in [0.2, 0.25) is 0 Å². The number of imide groups is 1. The minimum Gasteiger partial charge on any atom is -0.457 e. The number of pyridine rings is 1. The average molecular weight is 347 g/mol. The van der Waals surface area contributed by atoms with Crippen molar-refractivity contribution < 1.29 is 14.3 Å². The zero-order valence-electron chi connectivity index (χ0n) is 13.4. The topological polar surface area (TPSA) is 103 Å². The Morgan fingerprint density at radius 1 is 0.846 bits per heavy atom. The van der Waals surface area contributed by atoms with Gasteiger partial charge in [-0.3, -0.25) is 24.3 Å². The first-order valence-electron chi connectivity index (χ1n) is 7.79. The van der Waals surface area contributed by atoms with Gasteiger partial charge in [-0.2, -0.15) is 0 Å². The van der Waals surface area contributed by atoms with Crippen molar-refractivity contribution >= 4 is 17.6 Å². The number of nitrogens with two attached hydrogens (primary N) is 1. The molecule has 0 radical (unpaired) electrons. The van der Waals surface area contributed by atoms with Crippen LogP contribution in [-0.2, 0) is 0 Å². The lowest BCUT2D eigenvalue weighted by atomic mass is 10.1. The van der Waals surface area contributed by atoms with Gasteiger partial charge in [0.25, 0.3) is 17.4 Å². The Morgan fingerprint density at radius 2 is 1.50 bits per heavy atom. The minimum absolute atomic E-state index is 0.00205. The van der Waals surface area contributed by atoms with E-state index in [0.29, 0.717) is 17.2 Å². The van der Waals surface area contributed by atoms with Gasteiger partial charge < -0.3 is 10.5 Å². The zero-order valence-corrected chi connectivity index (χ0v) is 13.4. The third-order valence-electron chi connectivity index (χ3n) is 4.03. The number of hydrogen-bond acceptors (Lipinski definition) is 5. The zero-order chi connectivity index (χ0) is 18.3. The van der Waals surface area contributed by atoms with Gasteiger partial charge in [-0.05, 0) is 36.4 Å². The summed E-state index contributed by atoms with van der Waals surface area (Å²) in [7, 11) is 0. The van der Waals surface area contributed by atoms with Crippen molar-refractivity contribution in [1.29, 1.82) is 0 Å². The number of benzene rings is 2. The molecule has 0 unspecified atom stereocenters. The maximum absolute atomic E-state index is 12.4. The Labute approximate surface area is 147 Å². The van der Waals surface area contributed by atoms with Crippen LogP contribution in [0.3, 0.4) is 0 Å². The van der Waals surface area contributed by atoms with E-state index in [1.54, 1.807) is 24.3 Å². The van der Waals surface area contributed by atoms with Crippen molar-refractivity contribution in [3.05, 3.63) is 82.1 Å². The number of para-hydroxylation sites is 1. The monoisotopic (exact) mass is 347 g/mol. The van der Waals surface area contributed by atoms with Crippen molar-refractivity contribution in [3.63, 3.8) is 0 Å². The highest BCUT2D eigenvalue weighted by molar-refractivity contribution is 6.23. The largest absolute Gasteiger partial charge is 0.457 e. The summed E-state index contributed by atoms with van der Waals surface area (Å²) >= 11 is 0. The second kappa shape index (κ2) is 5.89. The van der Waals surface area contributed by atoms with E-state index in [-0.39, 0.29) is 16.9 Å². The third kappa shape index (κ3) is 2.51. The van der Waals surface area contributed by atoms with Crippen LogP contribution in [0.4, 0.5) is 5.82 Å². The number of nitrogens with zero attached hydrogens (tertiary/aromatic N) is 1. The summed E-state index contributed by atoms with van der Waals surface area (Å²) in [4.78, 5) is 36.0. The number of nitrogen functional groups attached to an aromatic ring is 1. The highest BCUT2D eigenvalue weighted by Crippen LogP contribution is 2.25. The van der Waals surface area contributed by atoms with Gasteiger partial charge in [0.1, 0.15) is 17.3 Å². The summed E-state index contributed by atoms with van der Waals surface area (Å²) in [6.07, 6.45) is 0. The molecule has 3 N–H and O–H groups in total. The molecular formula is C19H13N3O4. The first kappa shape index (κ1) is 15.6. The fourth-order valence-electron chi connectivity index (χ4n) is 2.83. The van der Waals surface area contributed by atoms with E-state index in [0.717, 1.165) is 6.07 Å². The minimum atomic E-state index is -0.618. The molecule has 0 saturated carbocycles. The van der Waals surface area contributed by atoms with Gasteiger partial charge >= 0.3 is 0 Å². The van der Waals surface area contributed by atoms with Crippen LogP contribution in [0.15, 0.2) is 65.5 Å². The summed E-state index contributed by atoms with van der Waals surface area (Å²) in [5.41, 5.74) is 5.98. The van der Waals surface area contributed by atoms with E-state index in [4.69, 9.17) is 10.5 Å². The number of nitrogens with one attached hydrogen (secondary N) is 1. The van der Waals surface area contributed by atoms with E-state index >= 15 is 0 Å². The Balaban J connectivity index is 1.73. The average Bonchev–Trinajstić information content (AvgIpc) is 2.91. The number of carbonyl (C=O) groups is 2. The fraction of sp³-hybridized carbons (Fsp3) is 0. The lowest BCUT2D eigenvalue weighted by Gasteiger charge is -2.12. The number of ether oxygens (including phenoxy) is 1. The predicted octanol–water partition coefficient (Wildman–Crippen LogP) is 2.10. The Kier molecular flexibility index (Phi) is 3.54. The molecule has 4 rings (SSSR count). The van der Waals surface area contributed by atoms with Crippen LogP contribution in [0, 0.1) is 0 Å². The Hall–Kier alpha value is -3.87. The summed E-state index contributed by atoms with van der Waals surface area (Å²) in [6.45, 7) is 0. The summed E-state index contributed by atoms with van der Waals surface area (Å²) < 4.78 is 6.89. The van der Waals surface area contributed by atoms with Crippen LogP contribution in [0.5, 0.6) is 11.5 Å². The quantitative estimate of drug-likeness (QED) is 0.706. The number of anilines is 1. The van der Waals surface area contributed by atoms with Gasteiger partial charge in [-0.1, -0.05) is 18.2 Å². The van der Waals surface area contributed by atoms with Gasteiger partial charge in [0.15, 0.2) is 0 Å². The molecule has 1 aromatic heterocycles. The van der Waals surface area contributed by atoms with E-state index < -0.39 is 17.4 Å². The molecule has 2 amide bonds. The third-order valence-corrected chi connectivity index (χ3v) is 4.03. The molecule has 128 valence electrons. The number of amides is 2. The lowest BCUT2D eigenvalue weighted by Crippen LogP contribution is -2.24. The van der Waals surface area contributed by atoms with Gasteiger partial charge in [0, 0.05) is 6.07 Å². The second-order valence-corrected chi connectivity index (χ2v) is 5.68. The Bertz CT molecular complexity index is 1090. The molecule has 7 nitrogen and oxygen atoms in total. The van der Waals surface area contributed by atoms with Crippen LogP contribution in [0.25, 0.3) is 5.69 Å². The first-order chi connectivity index (χ1) is 12.5. The smallest absolute Gasteiger partial charge is 0.262 e. The number of fused-ring (bicyclic) bond motifs is 1. The molecule has 1 aliphatic heterocycles. The Morgan fingerprint density at radius 3 is 2.19 bits per heavy atom. The summed E-state index contributed by atoms with van der Waals surface area (Å²) in [6, 6.07) is 17.1. The first-order valence-corrected chi connectivity index (χ1v) is 7.79. The van der Waals surface area contributed by atoms with Crippen molar-refractivity contribution in [1.82, 2.24) is 9.88 Å². The summed E-state index contributed by atoms with van der Waals surface area (Å²) in [5, 5.41) is 2.14. The molecule has 0 bridgehead atoms. The maximum Gasteiger partial charge on any atom is 0.262 e. The number of carbonyl (C=O) groups excluding carboxylic acids is 2. The molecule has 0 saturated heterocycles. The highest BCUT2D eigenvalue weighted by atomic mass is 16.5. The van der Waals surface area contributed by atoms with E-state index in [2.05, 4.69) is 5.32 Å². The number of hydrogen-bond donors (Lipinski definition) is 2. The van der Waals surface area contributed by atoms with E-state index in [1.165, 1.54) is 4.57 Å². The van der Waals surface area contributed by atoms with Gasteiger partial charge in [0.05, 0.1) is 16.8 Å². The molecule has 2 aromatic carbocycles. The van der Waals surface area contributed by atoms with Crippen molar-refractivity contribution in [2.45, 2.75) is 0 Å². The molecule has 3 aromatic rings. The molecule has 0 spiro atoms. The van der Waals surface area contributed by atoms with Crippen molar-refractivity contribution in [2.24, 2.45) is 0 Å². The van der Waals surface area contributed by atoms with Gasteiger partial charge in [-0.15, -0.1) is 0 Å². The lowest BCUT2D eigenvalue weighted by molar-refractivity contribution is 0.0880. The van der Waals surface area contributed by atoms with E-state index in [1.807, 2.05) is 30.3 Å². The normalized spacial score (nSPS) is 12.6. The predicted molar refractivity (Wildman–Crippen MR) is 94.8 cm³/mol. The van der Waals surface area contributed by atoms with Crippen molar-refractivity contribution in [3.8, 4) is 17.2 Å². The highest BCUT2D eigenvalue weighted by Gasteiger charge is 2.31. The van der Waals surface area contributed by atoms with Crippen LogP contribution in [0.1, 0.15) is 20.7 Å². The number of rotatable bonds is 3. The maximum atomic E-state index is 12.4. The molecule has 0 atom stereocenters. The number of aromatic nitrogens is 1. The van der Waals surface area contributed by atoms with Crippen LogP contribution >= 0.6 is 0 Å². The van der Waals surface area contributed by atoms with Crippen molar-refractivity contribution in [2.75, 3.05) is 5.73 Å². The van der Waals surface area contributed by atoms with Gasteiger partial charge in [0.2, 0.25) is 0 Å². The molecule has 0 aliphatic carbocycles. The van der Waals surface area contributed by atoms with Gasteiger partial charge in [-0.25, -0.2) is 0 Å². The molecular weight excluding hydrogens is 334 g/mol. The second-order valence-electron chi connectivity index (χ2n) is 5.68. The fourth-order valence-corrected chi connectivity index (χ4v) is 2.83. The standard InChI is InChI=1S/C19H13N3O4/c20-17-16-14(18(24)21-19(16)25)10-15(23)22(17)11-6-8-13(9-7-11)26-12-4-2-1-3-5-12/h1-10H,20H2,(H,21,24,25). The van der Waals surface area contributed by atoms with E-state index in [9.17, 15) is 14.4 Å². The van der Waals surface area contributed by atoms with Crippen LogP contribution in [-0.4, -0.2) is 16.4 Å². The van der Waals surface area contributed by atoms with Crippen LogP contribution < -0.4 is 21.3 Å². The molecule has 2 heterocycles.